The van der Waals surface area contributed by atoms with Crippen molar-refractivity contribution in [2.75, 3.05) is 12.3 Å². The molecule has 0 spiro atoms. The summed E-state index contributed by atoms with van der Waals surface area (Å²) in [5.74, 6) is -3.70. The monoisotopic (exact) mass is 583 g/mol. The van der Waals surface area contributed by atoms with Gasteiger partial charge in [-0.15, -0.1) is 0 Å². The van der Waals surface area contributed by atoms with E-state index < -0.39 is 42.4 Å². The number of aliphatic carboxylic acids is 2. The van der Waals surface area contributed by atoms with Crippen molar-refractivity contribution in [2.24, 2.45) is 5.73 Å². The van der Waals surface area contributed by atoms with E-state index in [4.69, 9.17) is 15.9 Å². The molecule has 2 rings (SSSR count). The van der Waals surface area contributed by atoms with E-state index in [2.05, 4.69) is 33.2 Å². The van der Waals surface area contributed by atoms with Crippen LogP contribution in [0, 0.1) is 0 Å². The van der Waals surface area contributed by atoms with Crippen LogP contribution in [0.15, 0.2) is 49.1 Å². The number of nitrogens with one attached hydrogen (secondary N) is 2. The van der Waals surface area contributed by atoms with E-state index in [-0.39, 0.29) is 28.8 Å². The maximum Gasteiger partial charge on any atom is 0.322 e. The van der Waals surface area contributed by atoms with E-state index in [1.54, 1.807) is 36.7 Å². The molecule has 0 unspecified atom stereocenters. The van der Waals surface area contributed by atoms with Gasteiger partial charge in [-0.3, -0.25) is 38.7 Å². The number of hydrogen-bond donors (Lipinski definition) is 6. The van der Waals surface area contributed by atoms with E-state index in [9.17, 15) is 28.8 Å². The molecule has 2 heterocycles. The first-order chi connectivity index (χ1) is 18.0. The minimum absolute atomic E-state index is 0.0256. The highest BCUT2D eigenvalue weighted by Gasteiger charge is 2.21. The quantitative estimate of drug-likeness (QED) is 0.158. The van der Waals surface area contributed by atoms with Crippen LogP contribution in [0.5, 0.6) is 0 Å². The maximum atomic E-state index is 11.7. The molecule has 6 N–H and O–H groups in total. The topological polar surface area (TPSA) is 219 Å². The Morgan fingerprint density at radius 1 is 0.947 bits per heavy atom. The Morgan fingerprint density at radius 3 is 1.87 bits per heavy atom. The van der Waals surface area contributed by atoms with Gasteiger partial charge in [0.1, 0.15) is 18.6 Å². The van der Waals surface area contributed by atoms with Crippen LogP contribution in [0.1, 0.15) is 33.6 Å². The molecule has 2 aromatic rings. The Labute approximate surface area is 230 Å². The molecule has 0 radical (unpaired) electrons. The molecule has 0 aliphatic heterocycles. The van der Waals surface area contributed by atoms with Crippen molar-refractivity contribution in [3.05, 3.63) is 60.2 Å². The van der Waals surface area contributed by atoms with Crippen molar-refractivity contribution in [2.45, 2.75) is 24.9 Å². The number of rotatable bonds is 11. The normalized spacial score (nSPS) is 11.6. The lowest BCUT2D eigenvalue weighted by atomic mass is 10.1. The van der Waals surface area contributed by atoms with Gasteiger partial charge in [-0.2, -0.15) is 12.6 Å². The molecular formula is C22H25N5O8S3. The standard InChI is InChI=1S/C12H8N2O2S2.C10H17N3O6S/c15-11(9-3-1-5-13-7-9)17-18-12(16)10-4-2-6-14-8-10;11-5(10(18)19)1-2-7(14)13-6(4-20)9(17)12-3-8(15)16/h1-8H;5-6,20H,1-4,11H2,(H,12,17)(H,13,14)(H,15,16)(H,18,19)/t;5-,6-/m.0/s1. The predicted molar refractivity (Wildman–Crippen MR) is 144 cm³/mol. The number of nitrogens with zero attached hydrogens (tertiary/aromatic N) is 2. The van der Waals surface area contributed by atoms with Crippen LogP contribution in [-0.4, -0.2) is 78.5 Å². The molecule has 0 bridgehead atoms. The molecule has 0 aliphatic rings. The van der Waals surface area contributed by atoms with Crippen LogP contribution in [0.25, 0.3) is 0 Å². The smallest absolute Gasteiger partial charge is 0.322 e. The minimum atomic E-state index is -1.22. The fourth-order valence-corrected chi connectivity index (χ4v) is 4.17. The van der Waals surface area contributed by atoms with Gasteiger partial charge in [-0.1, -0.05) is 0 Å². The predicted octanol–water partition coefficient (Wildman–Crippen LogP) is 0.633. The molecule has 2 aromatic heterocycles. The number of pyridine rings is 2. The number of amides is 2. The lowest BCUT2D eigenvalue weighted by Gasteiger charge is -2.16. The second-order valence-electron chi connectivity index (χ2n) is 7.12. The first-order valence-corrected chi connectivity index (χ1v) is 13.4. The number of carboxylic acids is 2. The summed E-state index contributed by atoms with van der Waals surface area (Å²) in [4.78, 5) is 74.9. The second-order valence-corrected chi connectivity index (χ2v) is 9.56. The molecule has 0 aromatic carbocycles. The van der Waals surface area contributed by atoms with Crippen LogP contribution in [0.3, 0.4) is 0 Å². The fraction of sp³-hybridized carbons (Fsp3) is 0.273. The van der Waals surface area contributed by atoms with Gasteiger partial charge < -0.3 is 26.6 Å². The fourth-order valence-electron chi connectivity index (χ4n) is 2.30. The van der Waals surface area contributed by atoms with E-state index in [0.29, 0.717) is 11.1 Å². The van der Waals surface area contributed by atoms with Crippen molar-refractivity contribution in [3.63, 3.8) is 0 Å². The third-order valence-electron chi connectivity index (χ3n) is 4.24. The molecule has 2 amide bonds. The number of hydrogen-bond acceptors (Lipinski definition) is 12. The van der Waals surface area contributed by atoms with Gasteiger partial charge >= 0.3 is 11.9 Å². The Bertz CT molecular complexity index is 1060. The maximum absolute atomic E-state index is 11.7. The Morgan fingerprint density at radius 2 is 1.47 bits per heavy atom. The van der Waals surface area contributed by atoms with Crippen molar-refractivity contribution in [1.29, 1.82) is 0 Å². The molecule has 0 saturated heterocycles. The number of carbonyl (C=O) groups excluding carboxylic acids is 4. The summed E-state index contributed by atoms with van der Waals surface area (Å²) in [6.07, 6.45) is 5.90. The zero-order chi connectivity index (χ0) is 28.5. The van der Waals surface area contributed by atoms with E-state index in [1.807, 2.05) is 0 Å². The van der Waals surface area contributed by atoms with Gasteiger partial charge in [0, 0.05) is 48.1 Å². The highest BCUT2D eigenvalue weighted by molar-refractivity contribution is 8.87. The third kappa shape index (κ3) is 13.2. The van der Waals surface area contributed by atoms with Crippen LogP contribution in [-0.2, 0) is 19.2 Å². The van der Waals surface area contributed by atoms with Crippen LogP contribution in [0.2, 0.25) is 0 Å². The Kier molecular flexibility index (Phi) is 15.3. The van der Waals surface area contributed by atoms with Crippen molar-refractivity contribution >= 4 is 68.2 Å². The molecule has 38 heavy (non-hydrogen) atoms. The van der Waals surface area contributed by atoms with Gasteiger partial charge in [0.15, 0.2) is 0 Å². The zero-order valence-electron chi connectivity index (χ0n) is 19.7. The molecule has 0 aliphatic carbocycles. The summed E-state index contributed by atoms with van der Waals surface area (Å²) in [6, 6.07) is 4.54. The molecule has 204 valence electrons. The van der Waals surface area contributed by atoms with Gasteiger partial charge in [0.25, 0.3) is 0 Å². The van der Waals surface area contributed by atoms with Crippen LogP contribution >= 0.6 is 34.2 Å². The molecule has 0 fully saturated rings. The average molecular weight is 584 g/mol. The summed E-state index contributed by atoms with van der Waals surface area (Å²) >= 11 is 3.87. The van der Waals surface area contributed by atoms with Crippen LogP contribution in [0.4, 0.5) is 0 Å². The molecule has 16 heteroatoms. The summed E-state index contributed by atoms with van der Waals surface area (Å²) in [5.41, 5.74) is 6.19. The van der Waals surface area contributed by atoms with E-state index in [1.165, 1.54) is 12.4 Å². The van der Waals surface area contributed by atoms with Gasteiger partial charge in [0.05, 0.1) is 0 Å². The first-order valence-electron chi connectivity index (χ1n) is 10.7. The second kappa shape index (κ2) is 17.9. The van der Waals surface area contributed by atoms with Gasteiger partial charge in [-0.05, 0) is 52.3 Å². The largest absolute Gasteiger partial charge is 0.480 e. The zero-order valence-corrected chi connectivity index (χ0v) is 22.2. The molecular weight excluding hydrogens is 558 g/mol. The molecule has 13 nitrogen and oxygen atoms in total. The molecule has 0 saturated carbocycles. The number of carbonyl (C=O) groups is 6. The lowest BCUT2D eigenvalue weighted by Crippen LogP contribution is -2.49. The summed E-state index contributed by atoms with van der Waals surface area (Å²) < 4.78 is 0. The number of nitrogens with two attached hydrogens (primary N) is 1. The SMILES string of the molecule is N[C@@H](CCC(=O)N[C@@H](CS)C(=O)NCC(=O)O)C(=O)O.O=C(SSC(=O)c1cccnc1)c1cccnc1. The van der Waals surface area contributed by atoms with Crippen LogP contribution < -0.4 is 16.4 Å². The lowest BCUT2D eigenvalue weighted by molar-refractivity contribution is -0.139. The van der Waals surface area contributed by atoms with E-state index >= 15 is 0 Å². The number of thiol groups is 1. The number of aromatic nitrogens is 2. The summed E-state index contributed by atoms with van der Waals surface area (Å²) in [5, 5.41) is 21.0. The van der Waals surface area contributed by atoms with Crippen molar-refractivity contribution in [1.82, 2.24) is 20.6 Å². The van der Waals surface area contributed by atoms with E-state index in [0.717, 1.165) is 21.6 Å². The molecule has 2 atom stereocenters. The average Bonchev–Trinajstić information content (AvgIpc) is 2.92. The minimum Gasteiger partial charge on any atom is -0.480 e. The Balaban J connectivity index is 0.000000381. The third-order valence-corrected chi connectivity index (χ3v) is 6.62. The summed E-state index contributed by atoms with van der Waals surface area (Å²) in [6.45, 7) is -0.567. The van der Waals surface area contributed by atoms with Gasteiger partial charge in [0.2, 0.25) is 22.0 Å². The highest BCUT2D eigenvalue weighted by atomic mass is 33.1. The van der Waals surface area contributed by atoms with Gasteiger partial charge in [-0.25, -0.2) is 0 Å². The summed E-state index contributed by atoms with van der Waals surface area (Å²) in [7, 11) is 1.79. The first kappa shape index (κ1) is 32.6. The highest BCUT2D eigenvalue weighted by Crippen LogP contribution is 2.28. The Hall–Kier alpha value is -3.47. The van der Waals surface area contributed by atoms with Crippen molar-refractivity contribution < 1.29 is 39.0 Å². The number of carboxylic acid groups (broad SMARTS) is 2. The van der Waals surface area contributed by atoms with Crippen molar-refractivity contribution in [3.8, 4) is 0 Å².